The van der Waals surface area contributed by atoms with Crippen LogP contribution in [0.1, 0.15) is 50.6 Å². The Hall–Kier alpha value is -4.25. The second-order valence-corrected chi connectivity index (χ2v) is 11.3. The Labute approximate surface area is 248 Å². The number of hydrogen-bond acceptors (Lipinski definition) is 11. The van der Waals surface area contributed by atoms with Gasteiger partial charge in [-0.15, -0.1) is 0 Å². The molecular formula is C30H34N6O7. The molecule has 13 nitrogen and oxygen atoms in total. The molecule has 3 aromatic rings. The van der Waals surface area contributed by atoms with Gasteiger partial charge in [0.1, 0.15) is 35.3 Å². The van der Waals surface area contributed by atoms with Crippen LogP contribution in [0.25, 0.3) is 11.2 Å². The Kier molecular flexibility index (Phi) is 8.16. The number of aromatic nitrogens is 4. The van der Waals surface area contributed by atoms with Crippen LogP contribution in [0.15, 0.2) is 30.6 Å². The molecule has 1 saturated carbocycles. The number of hydrogen-bond donors (Lipinski definition) is 3. The number of benzene rings is 1. The minimum Gasteiger partial charge on any atom is -0.497 e. The third-order valence-electron chi connectivity index (χ3n) is 8.19. The van der Waals surface area contributed by atoms with Crippen molar-refractivity contribution in [3.8, 4) is 23.3 Å². The number of carbonyl (C=O) groups excluding carboxylic acids is 2. The number of fused-ring (bicyclic) bond motifs is 1. The van der Waals surface area contributed by atoms with Crippen LogP contribution in [-0.2, 0) is 9.53 Å². The summed E-state index contributed by atoms with van der Waals surface area (Å²) in [4.78, 5) is 39.9. The van der Waals surface area contributed by atoms with Gasteiger partial charge in [0.2, 0.25) is 5.82 Å². The number of rotatable bonds is 7. The van der Waals surface area contributed by atoms with Crippen molar-refractivity contribution in [1.29, 1.82) is 0 Å². The van der Waals surface area contributed by atoms with E-state index in [1.807, 2.05) is 0 Å². The van der Waals surface area contributed by atoms with Crippen molar-refractivity contribution in [2.24, 2.45) is 11.8 Å². The SMILES string of the molecule is COc1ccc(OC(=O)N2CCC(CC#Cc3nc(N)c4ncn([C@@H]5O[C@H](C(=O)CC6CC6)C(O)[C@@H]5O)c4n3)CC2)cc1. The summed E-state index contributed by atoms with van der Waals surface area (Å²) < 4.78 is 17.9. The van der Waals surface area contributed by atoms with Gasteiger partial charge in [0.15, 0.2) is 23.5 Å². The maximum Gasteiger partial charge on any atom is 0.415 e. The summed E-state index contributed by atoms with van der Waals surface area (Å²) in [6.45, 7) is 1.13. The molecule has 0 spiro atoms. The van der Waals surface area contributed by atoms with Crippen LogP contribution in [0.2, 0.25) is 0 Å². The van der Waals surface area contributed by atoms with Gasteiger partial charge in [0.05, 0.1) is 13.4 Å². The number of Topliss-reactive ketones (excluding diaryl/α,β-unsaturated/α-hetero) is 1. The average Bonchev–Trinajstić information content (AvgIpc) is 3.64. The molecule has 226 valence electrons. The number of nitrogens with two attached hydrogens (primary N) is 1. The van der Waals surface area contributed by atoms with E-state index in [9.17, 15) is 19.8 Å². The van der Waals surface area contributed by atoms with E-state index in [-0.39, 0.29) is 35.1 Å². The molecule has 43 heavy (non-hydrogen) atoms. The fourth-order valence-electron chi connectivity index (χ4n) is 5.46. The van der Waals surface area contributed by atoms with E-state index >= 15 is 0 Å². The van der Waals surface area contributed by atoms with Crippen molar-refractivity contribution in [2.75, 3.05) is 25.9 Å². The van der Waals surface area contributed by atoms with Crippen LogP contribution in [0.3, 0.4) is 0 Å². The molecule has 0 radical (unpaired) electrons. The molecule has 4 N–H and O–H groups in total. The molecule has 6 rings (SSSR count). The molecule has 1 unspecified atom stereocenters. The molecule has 1 aliphatic carbocycles. The Morgan fingerprint density at radius 2 is 1.77 bits per heavy atom. The number of amides is 1. The van der Waals surface area contributed by atoms with Crippen molar-refractivity contribution >= 4 is 28.9 Å². The summed E-state index contributed by atoms with van der Waals surface area (Å²) in [6.07, 6.45) is 0.576. The van der Waals surface area contributed by atoms with Crippen LogP contribution in [-0.4, -0.2) is 85.0 Å². The first-order chi connectivity index (χ1) is 20.8. The van der Waals surface area contributed by atoms with Gasteiger partial charge in [0, 0.05) is 25.9 Å². The first-order valence-electron chi connectivity index (χ1n) is 14.4. The minimum atomic E-state index is -1.36. The summed E-state index contributed by atoms with van der Waals surface area (Å²) >= 11 is 0. The lowest BCUT2D eigenvalue weighted by Crippen LogP contribution is -2.40. The van der Waals surface area contributed by atoms with Gasteiger partial charge < -0.3 is 35.1 Å². The highest BCUT2D eigenvalue weighted by Crippen LogP contribution is 2.37. The van der Waals surface area contributed by atoms with E-state index in [0.717, 1.165) is 25.7 Å². The number of piperidine rings is 1. The quantitative estimate of drug-likeness (QED) is 0.344. The molecule has 3 aliphatic rings. The predicted molar refractivity (Wildman–Crippen MR) is 153 cm³/mol. The fraction of sp³-hybridized carbons (Fsp3) is 0.500. The summed E-state index contributed by atoms with van der Waals surface area (Å²) in [5.74, 6) is 7.94. The van der Waals surface area contributed by atoms with Crippen LogP contribution in [0, 0.1) is 23.7 Å². The molecular weight excluding hydrogens is 556 g/mol. The molecule has 0 bridgehead atoms. The normalized spacial score (nSPS) is 24.0. The number of methoxy groups -OCH3 is 1. The summed E-state index contributed by atoms with van der Waals surface area (Å²) in [5.41, 5.74) is 6.73. The lowest BCUT2D eigenvalue weighted by atomic mass is 9.94. The summed E-state index contributed by atoms with van der Waals surface area (Å²) in [5, 5.41) is 21.3. The van der Waals surface area contributed by atoms with E-state index < -0.39 is 24.5 Å². The predicted octanol–water partition coefficient (Wildman–Crippen LogP) is 2.06. The topological polar surface area (TPSA) is 175 Å². The highest BCUT2D eigenvalue weighted by Gasteiger charge is 2.48. The number of likely N-dealkylation sites (tertiary alicyclic amines) is 1. The van der Waals surface area contributed by atoms with Gasteiger partial charge >= 0.3 is 6.09 Å². The van der Waals surface area contributed by atoms with Gasteiger partial charge in [0.25, 0.3) is 0 Å². The van der Waals surface area contributed by atoms with Gasteiger partial charge in [-0.1, -0.05) is 5.92 Å². The molecule has 3 fully saturated rings. The lowest BCUT2D eigenvalue weighted by Gasteiger charge is -2.30. The Bertz CT molecular complexity index is 1550. The summed E-state index contributed by atoms with van der Waals surface area (Å²) in [6, 6.07) is 6.86. The monoisotopic (exact) mass is 590 g/mol. The first kappa shape index (κ1) is 28.9. The van der Waals surface area contributed by atoms with Crippen LogP contribution in [0.4, 0.5) is 10.6 Å². The van der Waals surface area contributed by atoms with Gasteiger partial charge in [-0.25, -0.2) is 19.7 Å². The molecule has 2 saturated heterocycles. The maximum absolute atomic E-state index is 12.6. The zero-order chi connectivity index (χ0) is 30.1. The summed E-state index contributed by atoms with van der Waals surface area (Å²) in [7, 11) is 1.58. The van der Waals surface area contributed by atoms with Crippen molar-refractivity contribution in [1.82, 2.24) is 24.4 Å². The number of nitrogen functional groups attached to an aromatic ring is 1. The average molecular weight is 591 g/mol. The number of aliphatic hydroxyl groups excluding tert-OH is 2. The van der Waals surface area contributed by atoms with Crippen LogP contribution < -0.4 is 15.2 Å². The number of aliphatic hydroxyl groups is 2. The number of ether oxygens (including phenoxy) is 3. The highest BCUT2D eigenvalue weighted by molar-refractivity contribution is 5.85. The smallest absolute Gasteiger partial charge is 0.415 e. The van der Waals surface area contributed by atoms with Crippen molar-refractivity contribution in [2.45, 2.75) is 63.1 Å². The Morgan fingerprint density at radius 1 is 1.05 bits per heavy atom. The minimum absolute atomic E-state index is 0.117. The fourth-order valence-corrected chi connectivity index (χ4v) is 5.46. The molecule has 13 heteroatoms. The van der Waals surface area contributed by atoms with E-state index in [0.29, 0.717) is 48.9 Å². The third-order valence-corrected chi connectivity index (χ3v) is 8.19. The van der Waals surface area contributed by atoms with E-state index in [1.165, 1.54) is 10.9 Å². The molecule has 1 aromatic carbocycles. The zero-order valence-corrected chi connectivity index (χ0v) is 23.8. The maximum atomic E-state index is 12.6. The largest absolute Gasteiger partial charge is 0.497 e. The number of anilines is 1. The number of imidazole rings is 1. The second kappa shape index (κ2) is 12.2. The van der Waals surface area contributed by atoms with Crippen LogP contribution >= 0.6 is 0 Å². The van der Waals surface area contributed by atoms with Crippen molar-refractivity contribution in [3.63, 3.8) is 0 Å². The molecule has 1 amide bonds. The van der Waals surface area contributed by atoms with E-state index in [2.05, 4.69) is 26.8 Å². The van der Waals surface area contributed by atoms with E-state index in [1.54, 1.807) is 36.3 Å². The van der Waals surface area contributed by atoms with Crippen molar-refractivity contribution in [3.05, 3.63) is 36.4 Å². The molecule has 2 aliphatic heterocycles. The Morgan fingerprint density at radius 3 is 2.47 bits per heavy atom. The van der Waals surface area contributed by atoms with Gasteiger partial charge in [-0.3, -0.25) is 9.36 Å². The first-order valence-corrected chi connectivity index (χ1v) is 14.4. The number of carbonyl (C=O) groups is 2. The van der Waals surface area contributed by atoms with Gasteiger partial charge in [-0.05, 0) is 67.7 Å². The molecule has 4 heterocycles. The third kappa shape index (κ3) is 6.27. The molecule has 4 atom stereocenters. The zero-order valence-electron chi connectivity index (χ0n) is 23.8. The lowest BCUT2D eigenvalue weighted by molar-refractivity contribution is -0.135. The Balaban J connectivity index is 1.07. The van der Waals surface area contributed by atoms with Crippen LogP contribution in [0.5, 0.6) is 11.5 Å². The standard InChI is InChI=1S/C30H34N6O7/c1-41-19-7-9-20(10-8-19)42-30(40)35-13-11-17(12-14-35)3-2-4-22-33-27(31)23-28(34-22)36(16-32-23)29-25(39)24(38)26(43-29)21(37)15-18-5-6-18/h7-10,16-18,24-26,29,38-39H,3,5-6,11-15H2,1H3,(H2,31,33,34)/t24?,25-,26+,29+/m0/s1. The number of ketones is 1. The van der Waals surface area contributed by atoms with Gasteiger partial charge in [-0.2, -0.15) is 0 Å². The van der Waals surface area contributed by atoms with E-state index in [4.69, 9.17) is 19.9 Å². The number of nitrogens with zero attached hydrogens (tertiary/aromatic N) is 5. The van der Waals surface area contributed by atoms with Crippen molar-refractivity contribution < 1.29 is 34.0 Å². The highest BCUT2D eigenvalue weighted by atomic mass is 16.6. The molecule has 2 aromatic heterocycles. The second-order valence-electron chi connectivity index (χ2n) is 11.3.